The van der Waals surface area contributed by atoms with Crippen LogP contribution in [0.15, 0.2) is 36.8 Å². The number of nitrogens with zero attached hydrogens (tertiary/aromatic N) is 4. The number of nitrogens with one attached hydrogen (secondary N) is 2. The van der Waals surface area contributed by atoms with Crippen molar-refractivity contribution in [3.63, 3.8) is 0 Å². The summed E-state index contributed by atoms with van der Waals surface area (Å²) in [6, 6.07) is 4.66. The lowest BCUT2D eigenvalue weighted by Crippen LogP contribution is -2.33. The summed E-state index contributed by atoms with van der Waals surface area (Å²) in [5.74, 6) is 0.402. The first-order chi connectivity index (χ1) is 15.3. The molecule has 3 heterocycles. The molecule has 4 rings (SSSR count). The second kappa shape index (κ2) is 8.99. The molecule has 2 aromatic heterocycles. The number of alkyl halides is 1. The number of rotatable bonds is 4. The van der Waals surface area contributed by atoms with E-state index in [-0.39, 0.29) is 18.7 Å². The Morgan fingerprint density at radius 3 is 2.78 bits per heavy atom. The number of fused-ring (bicyclic) bond motifs is 1. The van der Waals surface area contributed by atoms with Crippen LogP contribution in [0.5, 0.6) is 0 Å². The van der Waals surface area contributed by atoms with E-state index in [0.29, 0.717) is 46.4 Å². The molecule has 0 aliphatic carbocycles. The molecule has 1 aliphatic rings. The van der Waals surface area contributed by atoms with Crippen LogP contribution in [-0.2, 0) is 4.74 Å². The Morgan fingerprint density at radius 2 is 2.06 bits per heavy atom. The van der Waals surface area contributed by atoms with Crippen molar-refractivity contribution in [2.24, 2.45) is 0 Å². The molecule has 0 spiro atoms. The number of anilines is 2. The number of urea groups is 1. The number of halogens is 2. The van der Waals surface area contributed by atoms with Crippen molar-refractivity contribution >= 4 is 40.9 Å². The molecule has 32 heavy (non-hydrogen) atoms. The molecule has 9 nitrogen and oxygen atoms in total. The molecule has 3 amide bonds. The lowest BCUT2D eigenvalue weighted by molar-refractivity contribution is 0.130. The second-order valence-electron chi connectivity index (χ2n) is 7.71. The molecule has 1 aromatic carbocycles. The van der Waals surface area contributed by atoms with Crippen LogP contribution in [0.3, 0.4) is 0 Å². The average Bonchev–Trinajstić information content (AvgIpc) is 3.34. The summed E-state index contributed by atoms with van der Waals surface area (Å²) in [5, 5.41) is 5.82. The Balaban J connectivity index is 1.54. The number of hydrogen-bond acceptors (Lipinski definition) is 5. The number of ether oxygens (including phenoxy) is 1. The Kier molecular flexibility index (Phi) is 6.13. The van der Waals surface area contributed by atoms with Crippen LogP contribution in [0.2, 0.25) is 5.02 Å². The van der Waals surface area contributed by atoms with Gasteiger partial charge in [0.2, 0.25) is 5.78 Å². The minimum absolute atomic E-state index is 0.0888. The molecule has 1 saturated heterocycles. The summed E-state index contributed by atoms with van der Waals surface area (Å²) in [6.45, 7) is 3.98. The van der Waals surface area contributed by atoms with E-state index in [4.69, 9.17) is 16.3 Å². The van der Waals surface area contributed by atoms with Gasteiger partial charge in [-0.3, -0.25) is 9.72 Å². The smallest absolute Gasteiger partial charge is 0.411 e. The SMILES string of the molecule is CC(C)OC(=O)Nc1cnc2nc(-c3cc(NC(=O)N4CCC(F)C4)ccc3Cl)cn2c1. The summed E-state index contributed by atoms with van der Waals surface area (Å²) in [5.41, 5.74) is 2.08. The monoisotopic (exact) mass is 460 g/mol. The summed E-state index contributed by atoms with van der Waals surface area (Å²) < 4.78 is 20.1. The van der Waals surface area contributed by atoms with Gasteiger partial charge in [0.25, 0.3) is 0 Å². The lowest BCUT2D eigenvalue weighted by atomic mass is 10.1. The minimum Gasteiger partial charge on any atom is -0.447 e. The van der Waals surface area contributed by atoms with Crippen molar-refractivity contribution in [3.8, 4) is 11.3 Å². The maximum atomic E-state index is 13.4. The second-order valence-corrected chi connectivity index (χ2v) is 8.12. The van der Waals surface area contributed by atoms with Crippen molar-refractivity contribution in [1.82, 2.24) is 19.3 Å². The molecule has 1 aliphatic heterocycles. The van der Waals surface area contributed by atoms with Crippen molar-refractivity contribution in [3.05, 3.63) is 41.8 Å². The summed E-state index contributed by atoms with van der Waals surface area (Å²) in [6.07, 6.45) is 3.37. The zero-order chi connectivity index (χ0) is 22.8. The van der Waals surface area contributed by atoms with Gasteiger partial charge in [0.1, 0.15) is 6.17 Å². The van der Waals surface area contributed by atoms with Gasteiger partial charge < -0.3 is 15.0 Å². The van der Waals surface area contributed by atoms with E-state index in [1.165, 1.54) is 11.1 Å². The van der Waals surface area contributed by atoms with E-state index in [1.54, 1.807) is 48.8 Å². The maximum Gasteiger partial charge on any atom is 0.411 e. The first kappa shape index (κ1) is 21.8. The molecule has 1 atom stereocenters. The van der Waals surface area contributed by atoms with Crippen LogP contribution in [0, 0.1) is 0 Å². The van der Waals surface area contributed by atoms with Crippen molar-refractivity contribution in [2.75, 3.05) is 23.7 Å². The van der Waals surface area contributed by atoms with Gasteiger partial charge in [0.15, 0.2) is 0 Å². The van der Waals surface area contributed by atoms with Crippen molar-refractivity contribution in [1.29, 1.82) is 0 Å². The van der Waals surface area contributed by atoms with E-state index < -0.39 is 12.3 Å². The number of hydrogen-bond donors (Lipinski definition) is 2. The molecule has 0 bridgehead atoms. The largest absolute Gasteiger partial charge is 0.447 e. The third-order valence-electron chi connectivity index (χ3n) is 4.81. The number of benzene rings is 1. The van der Waals surface area contributed by atoms with Gasteiger partial charge >= 0.3 is 12.1 Å². The molecule has 2 N–H and O–H groups in total. The van der Waals surface area contributed by atoms with Crippen molar-refractivity contribution < 1.29 is 18.7 Å². The molecule has 11 heteroatoms. The molecule has 0 saturated carbocycles. The van der Waals surface area contributed by atoms with Crippen LogP contribution in [0.25, 0.3) is 17.0 Å². The van der Waals surface area contributed by atoms with E-state index in [9.17, 15) is 14.0 Å². The zero-order valence-corrected chi connectivity index (χ0v) is 18.3. The first-order valence-corrected chi connectivity index (χ1v) is 10.5. The lowest BCUT2D eigenvalue weighted by Gasteiger charge is -2.16. The molecule has 168 valence electrons. The highest BCUT2D eigenvalue weighted by atomic mass is 35.5. The fraction of sp³-hybridized carbons (Fsp3) is 0.333. The molecular formula is C21H22ClFN6O3. The maximum absolute atomic E-state index is 13.4. The summed E-state index contributed by atoms with van der Waals surface area (Å²) >= 11 is 6.37. The zero-order valence-electron chi connectivity index (χ0n) is 17.5. The molecule has 1 unspecified atom stereocenters. The van der Waals surface area contributed by atoms with Crippen LogP contribution >= 0.6 is 11.6 Å². The average molecular weight is 461 g/mol. The highest BCUT2D eigenvalue weighted by Crippen LogP contribution is 2.30. The Hall–Kier alpha value is -3.40. The van der Waals surface area contributed by atoms with Gasteiger partial charge in [-0.1, -0.05) is 11.6 Å². The normalized spacial score (nSPS) is 15.9. The first-order valence-electron chi connectivity index (χ1n) is 10.1. The molecule has 3 aromatic rings. The number of carbonyl (C=O) groups is 2. The summed E-state index contributed by atoms with van der Waals surface area (Å²) in [7, 11) is 0. The van der Waals surface area contributed by atoms with Gasteiger partial charge in [-0.25, -0.2) is 23.9 Å². The molecule has 0 radical (unpaired) electrons. The van der Waals surface area contributed by atoms with E-state index >= 15 is 0 Å². The number of likely N-dealkylation sites (tertiary alicyclic amines) is 1. The predicted octanol–water partition coefficient (Wildman–Crippen LogP) is 4.58. The van der Waals surface area contributed by atoms with Crippen molar-refractivity contribution in [2.45, 2.75) is 32.5 Å². The van der Waals surface area contributed by atoms with E-state index in [0.717, 1.165) is 0 Å². The topological polar surface area (TPSA) is 101 Å². The third-order valence-corrected chi connectivity index (χ3v) is 5.14. The fourth-order valence-electron chi connectivity index (χ4n) is 3.34. The summed E-state index contributed by atoms with van der Waals surface area (Å²) in [4.78, 5) is 34.3. The molecular weight excluding hydrogens is 439 g/mol. The fourth-order valence-corrected chi connectivity index (χ4v) is 3.56. The number of amides is 3. The Labute approximate surface area is 188 Å². The quantitative estimate of drug-likeness (QED) is 0.593. The van der Waals surface area contributed by atoms with E-state index in [1.807, 2.05) is 0 Å². The highest BCUT2D eigenvalue weighted by Gasteiger charge is 2.26. The minimum atomic E-state index is -0.987. The van der Waals surface area contributed by atoms with Gasteiger partial charge in [-0.2, -0.15) is 0 Å². The number of imidazole rings is 1. The standard InChI is InChI=1S/C21H22ClFN6O3/c1-12(2)32-21(31)26-15-8-24-19-27-18(11-29(19)10-15)16-7-14(3-4-17(16)22)25-20(30)28-6-5-13(23)9-28/h3-4,7-8,10-13H,5-6,9H2,1-2H3,(H,25,30)(H,26,31). The Morgan fingerprint density at radius 1 is 1.25 bits per heavy atom. The number of carbonyl (C=O) groups excluding carboxylic acids is 2. The van der Waals surface area contributed by atoms with E-state index in [2.05, 4.69) is 20.6 Å². The third kappa shape index (κ3) is 4.91. The van der Waals surface area contributed by atoms with Crippen LogP contribution in [0.1, 0.15) is 20.3 Å². The number of aromatic nitrogens is 3. The van der Waals surface area contributed by atoms with Gasteiger partial charge in [-0.05, 0) is 38.5 Å². The van der Waals surface area contributed by atoms with Gasteiger partial charge in [-0.15, -0.1) is 0 Å². The van der Waals surface area contributed by atoms with Crippen LogP contribution in [-0.4, -0.2) is 56.8 Å². The van der Waals surface area contributed by atoms with Crippen LogP contribution < -0.4 is 10.6 Å². The Bertz CT molecular complexity index is 1170. The van der Waals surface area contributed by atoms with Gasteiger partial charge in [0, 0.05) is 30.2 Å². The predicted molar refractivity (Wildman–Crippen MR) is 119 cm³/mol. The van der Waals surface area contributed by atoms with Gasteiger partial charge in [0.05, 0.1) is 35.2 Å². The molecule has 1 fully saturated rings. The highest BCUT2D eigenvalue weighted by molar-refractivity contribution is 6.33. The van der Waals surface area contributed by atoms with Crippen LogP contribution in [0.4, 0.5) is 25.4 Å².